The van der Waals surface area contributed by atoms with Crippen molar-refractivity contribution in [3.8, 4) is 0 Å². The first-order valence-electron chi connectivity index (χ1n) is 29.2. The van der Waals surface area contributed by atoms with Crippen molar-refractivity contribution in [2.75, 3.05) is 53.5 Å². The van der Waals surface area contributed by atoms with Crippen molar-refractivity contribution in [1.29, 1.82) is 0 Å². The third-order valence-corrected chi connectivity index (χ3v) is 11.6. The molecule has 0 fully saturated rings. The number of aliphatic hydroxyl groups excluding tert-OH is 2. The zero-order chi connectivity index (χ0) is 69.6. The van der Waals surface area contributed by atoms with E-state index in [9.17, 15) is 72.5 Å². The normalized spacial score (nSPS) is 14.1. The van der Waals surface area contributed by atoms with Crippen molar-refractivity contribution >= 4 is 77.8 Å². The molecule has 8 atom stereocenters. The molecule has 514 valence electrons. The number of methoxy groups -OCH3 is 2. The van der Waals surface area contributed by atoms with Crippen LogP contribution in [0.5, 0.6) is 0 Å². The Morgan fingerprint density at radius 3 is 1.00 bits per heavy atom. The number of amides is 11. The Hall–Kier alpha value is -8.75. The van der Waals surface area contributed by atoms with Crippen LogP contribution in [0.15, 0.2) is 30.3 Å². The van der Waals surface area contributed by atoms with E-state index in [0.717, 1.165) is 28.1 Å². The van der Waals surface area contributed by atoms with Gasteiger partial charge in [-0.2, -0.15) is 0 Å². The van der Waals surface area contributed by atoms with Crippen LogP contribution in [0.4, 0.5) is 24.0 Å². The molecule has 0 spiro atoms. The molecule has 0 bridgehead atoms. The van der Waals surface area contributed by atoms with Crippen molar-refractivity contribution in [2.45, 2.75) is 200 Å². The number of carbonyl (C=O) groups excluding carboxylic acids is 13. The summed E-state index contributed by atoms with van der Waals surface area (Å²) in [5.41, 5.74) is -3.19. The zero-order valence-corrected chi connectivity index (χ0v) is 54.8. The third kappa shape index (κ3) is 35.3. The minimum Gasteiger partial charge on any atom is -0.467 e. The Bertz CT molecular complexity index is 2470. The fourth-order valence-electron chi connectivity index (χ4n) is 7.51. The molecule has 1 rings (SSSR count). The molecule has 33 nitrogen and oxygen atoms in total. The average molecular weight is 1300 g/mol. The van der Waals surface area contributed by atoms with E-state index < -0.39 is 181 Å². The number of carbonyl (C=O) groups is 13. The van der Waals surface area contributed by atoms with E-state index in [4.69, 9.17) is 33.2 Å². The highest BCUT2D eigenvalue weighted by Crippen LogP contribution is 2.12. The Morgan fingerprint density at radius 1 is 0.429 bits per heavy atom. The van der Waals surface area contributed by atoms with Crippen molar-refractivity contribution in [3.63, 3.8) is 0 Å². The summed E-state index contributed by atoms with van der Waals surface area (Å²) in [5, 5.41) is 45.5. The Morgan fingerprint density at radius 2 is 0.725 bits per heavy atom. The maximum Gasteiger partial charge on any atom is 0.411 e. The van der Waals surface area contributed by atoms with Crippen LogP contribution in [0.1, 0.15) is 128 Å². The van der Waals surface area contributed by atoms with Crippen molar-refractivity contribution < 1.29 is 106 Å². The predicted octanol–water partition coefficient (Wildman–Crippen LogP) is 0.301. The molecule has 11 amide bonds. The molecule has 0 heterocycles. The van der Waals surface area contributed by atoms with Gasteiger partial charge in [-0.15, -0.1) is 0 Å². The monoisotopic (exact) mass is 1300 g/mol. The molecule has 1 aromatic rings. The zero-order valence-electron chi connectivity index (χ0n) is 54.8. The van der Waals surface area contributed by atoms with Gasteiger partial charge in [-0.3, -0.25) is 33.7 Å². The fraction of sp³-hybridized carbons (Fsp3) is 0.672. The summed E-state index contributed by atoms with van der Waals surface area (Å²) in [7, 11) is 2.06. The summed E-state index contributed by atoms with van der Waals surface area (Å²) >= 11 is 0. The summed E-state index contributed by atoms with van der Waals surface area (Å²) < 4.78 is 36.0. The van der Waals surface area contributed by atoms with E-state index in [2.05, 4.69) is 53.2 Å². The number of hydrogen-bond donors (Lipinski definition) is 12. The Kier molecular flexibility index (Phi) is 33.6. The number of hydrogen-bond acceptors (Lipinski definition) is 22. The van der Waals surface area contributed by atoms with Crippen molar-refractivity contribution in [2.24, 2.45) is 0 Å². The molecule has 0 saturated carbocycles. The molecule has 12 N–H and O–H groups in total. The Balaban J connectivity index is 3.72. The molecule has 0 aliphatic rings. The van der Waals surface area contributed by atoms with E-state index in [1.54, 1.807) is 113 Å². The highest BCUT2D eigenvalue weighted by molar-refractivity contribution is 5.96. The highest BCUT2D eigenvalue weighted by Gasteiger charge is 2.36. The number of aliphatic hydroxyl groups is 2. The molecule has 0 radical (unpaired) electrons. The number of alkyl carbamates (subject to hydrolysis) is 4. The second kappa shape index (κ2) is 38.1. The largest absolute Gasteiger partial charge is 0.467 e. The van der Waals surface area contributed by atoms with Gasteiger partial charge >= 0.3 is 42.4 Å². The smallest absolute Gasteiger partial charge is 0.411 e. The number of esters is 2. The van der Waals surface area contributed by atoms with Crippen LogP contribution in [0.25, 0.3) is 0 Å². The van der Waals surface area contributed by atoms with E-state index in [-0.39, 0.29) is 39.0 Å². The van der Waals surface area contributed by atoms with Gasteiger partial charge in [0.1, 0.15) is 78.4 Å². The second-order valence-corrected chi connectivity index (χ2v) is 24.6. The maximum absolute atomic E-state index is 14.2. The minimum atomic E-state index is -1.85. The van der Waals surface area contributed by atoms with Crippen LogP contribution >= 0.6 is 0 Å². The average Bonchev–Trinajstić information content (AvgIpc) is 1.37. The summed E-state index contributed by atoms with van der Waals surface area (Å²) in [6, 6.07) is -1.91. The first-order valence-corrected chi connectivity index (χ1v) is 29.2. The van der Waals surface area contributed by atoms with Crippen molar-refractivity contribution in [3.05, 3.63) is 35.9 Å². The first-order chi connectivity index (χ1) is 42.0. The lowest BCUT2D eigenvalue weighted by atomic mass is 10.1. The van der Waals surface area contributed by atoms with Crippen molar-refractivity contribution in [1.82, 2.24) is 58.1 Å². The summed E-state index contributed by atoms with van der Waals surface area (Å²) in [5.74, 6) is -8.85. The molecular weight excluding hydrogens is 1200 g/mol. The fourth-order valence-corrected chi connectivity index (χ4v) is 7.51. The van der Waals surface area contributed by atoms with Gasteiger partial charge in [0.25, 0.3) is 0 Å². The van der Waals surface area contributed by atoms with Gasteiger partial charge in [0.05, 0.1) is 26.4 Å². The van der Waals surface area contributed by atoms with E-state index in [1.807, 2.05) is 0 Å². The quantitative estimate of drug-likeness (QED) is 0.0341. The second-order valence-electron chi connectivity index (χ2n) is 24.6. The Labute approximate surface area is 529 Å². The molecular formula is C58H95N11O22. The number of nitrogens with zero attached hydrogens (tertiary/aromatic N) is 1. The molecule has 0 aliphatic heterocycles. The summed E-state index contributed by atoms with van der Waals surface area (Å²) in [4.78, 5) is 174. The number of rotatable bonds is 32. The lowest BCUT2D eigenvalue weighted by molar-refractivity contribution is -0.146. The van der Waals surface area contributed by atoms with Gasteiger partial charge < -0.3 is 96.5 Å². The first kappa shape index (κ1) is 80.3. The highest BCUT2D eigenvalue weighted by atomic mass is 16.6. The minimum absolute atomic E-state index is 0.214. The van der Waals surface area contributed by atoms with Gasteiger partial charge in [0.15, 0.2) is 0 Å². The molecule has 33 heteroatoms. The van der Waals surface area contributed by atoms with E-state index in [0.29, 0.717) is 10.5 Å². The molecule has 0 aliphatic carbocycles. The number of nitrogens with one attached hydrogen (secondary N) is 10. The van der Waals surface area contributed by atoms with Gasteiger partial charge in [-0.1, -0.05) is 30.3 Å². The van der Waals surface area contributed by atoms with Gasteiger partial charge in [0, 0.05) is 26.2 Å². The van der Waals surface area contributed by atoms with Crippen LogP contribution in [-0.2, 0) is 78.1 Å². The van der Waals surface area contributed by atoms with Crippen LogP contribution in [0.3, 0.4) is 0 Å². The topological polar surface area (TPSA) is 451 Å². The lowest BCUT2D eigenvalue weighted by Crippen LogP contribution is -2.60. The standard InChI is InChI=1S/C58H95N11O22/c1-33(70)42(46(76)65-38(48(78)85-15)24-28-61-52(82)90-57(9,10)11)67-44(74)36(22-26-59-50(80)88-55(3,4)5)63-40(72)30-69(54(84)87-32-35-20-18-17-19-21-35)31-41(73)64-37(23-27-60-51(81)89-56(6,7)8)45(75)68-43(34(2)71)47(77)66-39(49(79)86-16)25-29-62-53(83)91-58(12,13)14/h17-21,33-34,36-39,42-43,70-71H,22-32H2,1-16H3,(H,59,80)(H,60,81)(H,61,82)(H,62,83)(H,63,72)(H,64,73)(H,65,76)(H,66,77)(H,67,74)(H,68,75)/t33-,34-,36+,37+,38+,39+,42+,43?/m1/s1. The van der Waals surface area contributed by atoms with Gasteiger partial charge in [-0.05, 0) is 128 Å². The molecule has 1 aromatic carbocycles. The number of ether oxygens (including phenoxy) is 7. The third-order valence-electron chi connectivity index (χ3n) is 11.6. The number of benzene rings is 1. The summed E-state index contributed by atoms with van der Waals surface area (Å²) in [6.45, 7) is 17.7. The molecule has 1 unspecified atom stereocenters. The SMILES string of the molecule is COC(=O)[C@H](CCNC(=O)OC(C)(C)C)NC(=O)C(NC(=O)[C@H](CCNC(=O)OC(C)(C)C)NC(=O)CN(CC(=O)N[C@@H](CCNC(=O)OC(C)(C)C)C(=O)N[C@H](C(=O)N[C@@H](CCNC(=O)OC(C)(C)C)C(=O)OC)[C@@H](C)O)C(=O)OCc1ccccc1)[C@@H](C)O. The molecule has 0 aromatic heterocycles. The van der Waals surface area contributed by atoms with E-state index in [1.165, 1.54) is 0 Å². The van der Waals surface area contributed by atoms with Crippen LogP contribution in [-0.4, -0.2) is 217 Å². The summed E-state index contributed by atoms with van der Waals surface area (Å²) in [6.07, 6.45) is -9.62. The predicted molar refractivity (Wildman–Crippen MR) is 323 cm³/mol. The molecule has 91 heavy (non-hydrogen) atoms. The lowest BCUT2D eigenvalue weighted by Gasteiger charge is -2.28. The maximum atomic E-state index is 14.2. The van der Waals surface area contributed by atoms with Crippen LogP contribution in [0, 0.1) is 0 Å². The van der Waals surface area contributed by atoms with Gasteiger partial charge in [-0.25, -0.2) is 33.6 Å². The molecule has 0 saturated heterocycles. The van der Waals surface area contributed by atoms with Crippen LogP contribution in [0.2, 0.25) is 0 Å². The van der Waals surface area contributed by atoms with Crippen LogP contribution < -0.4 is 53.2 Å². The van der Waals surface area contributed by atoms with E-state index >= 15 is 0 Å². The van der Waals surface area contributed by atoms with Gasteiger partial charge in [0.2, 0.25) is 35.4 Å².